The summed E-state index contributed by atoms with van der Waals surface area (Å²) in [5.74, 6) is 0. The first-order valence-corrected chi connectivity index (χ1v) is 15.2. The lowest BCUT2D eigenvalue weighted by Crippen LogP contribution is -2.54. The molecule has 4 heterocycles. The number of carbonyl (C=O) groups is 2. The zero-order chi connectivity index (χ0) is 30.6. The molecule has 41 heavy (non-hydrogen) atoms. The molecule has 0 aromatic heterocycles. The minimum Gasteiger partial charge on any atom is -0.444 e. The summed E-state index contributed by atoms with van der Waals surface area (Å²) in [4.78, 5) is 32.2. The third kappa shape index (κ3) is 9.18. The molecule has 4 rings (SSSR count). The number of nitriles is 1. The van der Waals surface area contributed by atoms with Gasteiger partial charge in [-0.2, -0.15) is 5.26 Å². The van der Waals surface area contributed by atoms with Gasteiger partial charge in [0, 0.05) is 51.4 Å². The molecule has 0 aromatic carbocycles. The van der Waals surface area contributed by atoms with Crippen molar-refractivity contribution in [3.05, 3.63) is 0 Å². The average Bonchev–Trinajstić information content (AvgIpc) is 3.49. The minimum atomic E-state index is -0.628. The molecular weight excluding hydrogens is 526 g/mol. The number of nitrogens with zero attached hydrogens (tertiary/aromatic N) is 5. The second-order valence-corrected chi connectivity index (χ2v) is 14.4. The fraction of sp³-hybridized carbons (Fsp3) is 0.900. The van der Waals surface area contributed by atoms with Gasteiger partial charge in [0.1, 0.15) is 16.7 Å². The lowest BCUT2D eigenvalue weighted by Gasteiger charge is -2.42. The van der Waals surface area contributed by atoms with Gasteiger partial charge < -0.3 is 29.5 Å². The first-order valence-electron chi connectivity index (χ1n) is 15.2. The van der Waals surface area contributed by atoms with Gasteiger partial charge in [-0.3, -0.25) is 9.80 Å². The van der Waals surface area contributed by atoms with E-state index in [9.17, 15) is 25.1 Å². The highest BCUT2D eigenvalue weighted by molar-refractivity contribution is 5.69. The van der Waals surface area contributed by atoms with Crippen LogP contribution in [0.3, 0.4) is 0 Å². The van der Waals surface area contributed by atoms with Gasteiger partial charge >= 0.3 is 12.2 Å². The number of carbonyl (C=O) groups excluding carboxylic acids is 2. The molecule has 0 saturated carbocycles. The number of hydrogen-bond donors (Lipinski definition) is 2. The lowest BCUT2D eigenvalue weighted by molar-refractivity contribution is 0.0131. The number of amides is 2. The van der Waals surface area contributed by atoms with E-state index >= 15 is 0 Å². The summed E-state index contributed by atoms with van der Waals surface area (Å²) in [6.07, 6.45) is 3.69. The van der Waals surface area contributed by atoms with E-state index in [1.165, 1.54) is 0 Å². The van der Waals surface area contributed by atoms with Gasteiger partial charge in [-0.1, -0.05) is 0 Å². The zero-order valence-electron chi connectivity index (χ0n) is 26.3. The molecule has 0 aromatic rings. The van der Waals surface area contributed by atoms with Crippen LogP contribution in [0, 0.1) is 11.3 Å². The van der Waals surface area contributed by atoms with Gasteiger partial charge in [0.15, 0.2) is 0 Å². The van der Waals surface area contributed by atoms with Crippen LogP contribution in [-0.4, -0.2) is 129 Å². The molecule has 2 amide bonds. The SMILES string of the molecule is CC(C)(C)OC(=O)N1CCC(C#N)(N2CCC(O)CC2)C1.CC(C)(C)OC(=O)N1CCC(C)(N2CCC(O)CC2)C1. The van der Waals surface area contributed by atoms with Crippen LogP contribution in [0.25, 0.3) is 0 Å². The standard InChI is InChI=1S/C15H25N3O3.C15H28N2O3/c1-14(2,3)21-13(20)17-9-6-15(10-16,11-17)18-7-4-12(19)5-8-18;1-14(2,3)20-13(19)16-10-7-15(4,11-16)17-8-5-12(18)6-9-17/h12,19H,4-9,11H2,1-3H3;12,18H,5-11H2,1-4H3. The smallest absolute Gasteiger partial charge is 0.410 e. The first-order chi connectivity index (χ1) is 19.0. The summed E-state index contributed by atoms with van der Waals surface area (Å²) in [7, 11) is 0. The number of aliphatic hydroxyl groups excluding tert-OH is 2. The maximum absolute atomic E-state index is 12.1. The minimum absolute atomic E-state index is 0.0248. The molecule has 11 nitrogen and oxygen atoms in total. The van der Waals surface area contributed by atoms with E-state index in [1.54, 1.807) is 4.90 Å². The van der Waals surface area contributed by atoms with Crippen molar-refractivity contribution in [2.45, 2.75) is 121 Å². The fourth-order valence-electron chi connectivity index (χ4n) is 6.08. The molecule has 2 N–H and O–H groups in total. The molecule has 0 spiro atoms. The van der Waals surface area contributed by atoms with Gasteiger partial charge in [-0.15, -0.1) is 0 Å². The molecule has 4 fully saturated rings. The van der Waals surface area contributed by atoms with Crippen molar-refractivity contribution in [2.75, 3.05) is 52.4 Å². The van der Waals surface area contributed by atoms with Crippen molar-refractivity contribution in [3.8, 4) is 6.07 Å². The summed E-state index contributed by atoms with van der Waals surface area (Å²) in [5.41, 5.74) is -1.57. The molecule has 0 bridgehead atoms. The van der Waals surface area contributed by atoms with E-state index in [0.29, 0.717) is 45.4 Å². The molecule has 0 aliphatic carbocycles. The Hall–Kier alpha value is -2.13. The predicted molar refractivity (Wildman–Crippen MR) is 155 cm³/mol. The first kappa shape index (κ1) is 33.4. The van der Waals surface area contributed by atoms with Crippen LogP contribution in [0.1, 0.15) is 87.0 Å². The van der Waals surface area contributed by atoms with Crippen molar-refractivity contribution in [1.82, 2.24) is 19.6 Å². The summed E-state index contributed by atoms with van der Waals surface area (Å²) >= 11 is 0. The van der Waals surface area contributed by atoms with Gasteiger partial charge in [0.25, 0.3) is 0 Å². The van der Waals surface area contributed by atoms with Crippen molar-refractivity contribution < 1.29 is 29.3 Å². The predicted octanol–water partition coefficient (Wildman–Crippen LogP) is 3.19. The summed E-state index contributed by atoms with van der Waals surface area (Å²) in [6.45, 7) is 19.1. The second kappa shape index (κ2) is 13.0. The maximum Gasteiger partial charge on any atom is 0.410 e. The van der Waals surface area contributed by atoms with E-state index in [1.807, 2.05) is 46.4 Å². The van der Waals surface area contributed by atoms with Crippen molar-refractivity contribution in [1.29, 1.82) is 5.26 Å². The molecule has 4 saturated heterocycles. The highest BCUT2D eigenvalue weighted by Crippen LogP contribution is 2.32. The van der Waals surface area contributed by atoms with E-state index in [0.717, 1.165) is 45.4 Å². The highest BCUT2D eigenvalue weighted by Gasteiger charge is 2.47. The Morgan fingerprint density at radius 3 is 1.59 bits per heavy atom. The second-order valence-electron chi connectivity index (χ2n) is 14.4. The van der Waals surface area contributed by atoms with Gasteiger partial charge in [-0.05, 0) is 87.0 Å². The summed E-state index contributed by atoms with van der Waals surface area (Å²) in [5, 5.41) is 28.8. The van der Waals surface area contributed by atoms with Crippen LogP contribution in [0.2, 0.25) is 0 Å². The van der Waals surface area contributed by atoms with Crippen LogP contribution in [0.4, 0.5) is 9.59 Å². The lowest BCUT2D eigenvalue weighted by atomic mass is 9.94. The Balaban J connectivity index is 0.000000226. The van der Waals surface area contributed by atoms with Crippen LogP contribution < -0.4 is 0 Å². The Labute approximate surface area is 246 Å². The number of hydrogen-bond acceptors (Lipinski definition) is 9. The number of rotatable bonds is 2. The zero-order valence-corrected chi connectivity index (χ0v) is 26.3. The topological polar surface area (TPSA) is 130 Å². The molecule has 11 heteroatoms. The largest absolute Gasteiger partial charge is 0.444 e. The van der Waals surface area contributed by atoms with Crippen molar-refractivity contribution >= 4 is 12.2 Å². The number of likely N-dealkylation sites (tertiary alicyclic amines) is 4. The monoisotopic (exact) mass is 579 g/mol. The van der Waals surface area contributed by atoms with Crippen LogP contribution in [0.15, 0.2) is 0 Å². The Bertz CT molecular complexity index is 942. The fourth-order valence-corrected chi connectivity index (χ4v) is 6.08. The summed E-state index contributed by atoms with van der Waals surface area (Å²) in [6, 6.07) is 2.40. The third-order valence-corrected chi connectivity index (χ3v) is 8.51. The Morgan fingerprint density at radius 2 is 1.15 bits per heavy atom. The maximum atomic E-state index is 12.1. The Kier molecular flexibility index (Phi) is 10.6. The molecule has 2 unspecified atom stereocenters. The molecule has 4 aliphatic heterocycles. The third-order valence-electron chi connectivity index (χ3n) is 8.51. The van der Waals surface area contributed by atoms with Gasteiger partial charge in [0.2, 0.25) is 0 Å². The average molecular weight is 580 g/mol. The quantitative estimate of drug-likeness (QED) is 0.507. The van der Waals surface area contributed by atoms with E-state index in [2.05, 4.69) is 22.8 Å². The normalized spacial score (nSPS) is 29.1. The van der Waals surface area contributed by atoms with E-state index < -0.39 is 16.7 Å². The molecule has 234 valence electrons. The molecule has 0 radical (unpaired) electrons. The molecule has 2 atom stereocenters. The van der Waals surface area contributed by atoms with Crippen molar-refractivity contribution in [3.63, 3.8) is 0 Å². The van der Waals surface area contributed by atoms with Crippen LogP contribution in [-0.2, 0) is 9.47 Å². The van der Waals surface area contributed by atoms with Crippen molar-refractivity contribution in [2.24, 2.45) is 0 Å². The van der Waals surface area contributed by atoms with Crippen LogP contribution >= 0.6 is 0 Å². The van der Waals surface area contributed by atoms with Gasteiger partial charge in [-0.25, -0.2) is 9.59 Å². The number of piperidine rings is 2. The van der Waals surface area contributed by atoms with Gasteiger partial charge in [0.05, 0.1) is 24.8 Å². The van der Waals surface area contributed by atoms with Crippen LogP contribution in [0.5, 0.6) is 0 Å². The van der Waals surface area contributed by atoms with E-state index in [4.69, 9.17) is 9.47 Å². The van der Waals surface area contributed by atoms with E-state index in [-0.39, 0.29) is 29.9 Å². The highest BCUT2D eigenvalue weighted by atomic mass is 16.6. The number of ether oxygens (including phenoxy) is 2. The molecule has 4 aliphatic rings. The summed E-state index contributed by atoms with van der Waals surface area (Å²) < 4.78 is 10.8. The molecular formula is C30H53N5O6. The Morgan fingerprint density at radius 1 is 0.732 bits per heavy atom. The number of aliphatic hydroxyl groups is 2.